The number of nitrogens with zero attached hydrogens (tertiary/aromatic N) is 2. The summed E-state index contributed by atoms with van der Waals surface area (Å²) >= 11 is 14.8. The first-order valence-corrected chi connectivity index (χ1v) is 16.5. The van der Waals surface area contributed by atoms with Gasteiger partial charge in [0.2, 0.25) is 0 Å². The van der Waals surface area contributed by atoms with E-state index in [0.717, 1.165) is 25.6 Å². The predicted molar refractivity (Wildman–Crippen MR) is 179 cm³/mol. The first-order valence-electron chi connectivity index (χ1n) is 13.7. The van der Waals surface area contributed by atoms with Crippen molar-refractivity contribution in [2.45, 2.75) is 46.3 Å². The van der Waals surface area contributed by atoms with Gasteiger partial charge in [-0.3, -0.25) is 9.36 Å². The molecule has 0 saturated carbocycles. The summed E-state index contributed by atoms with van der Waals surface area (Å²) < 4.78 is 15.0. The first-order chi connectivity index (χ1) is 20.6. The van der Waals surface area contributed by atoms with Gasteiger partial charge in [-0.05, 0) is 92.6 Å². The average molecular weight is 745 g/mol. The molecule has 222 valence electrons. The second kappa shape index (κ2) is 13.3. The van der Waals surface area contributed by atoms with E-state index in [4.69, 9.17) is 21.1 Å². The highest BCUT2D eigenvalue weighted by Crippen LogP contribution is 2.36. The number of aromatic nitrogens is 1. The fourth-order valence-electron chi connectivity index (χ4n) is 4.89. The van der Waals surface area contributed by atoms with E-state index in [2.05, 4.69) is 50.7 Å². The van der Waals surface area contributed by atoms with Crippen LogP contribution in [0.4, 0.5) is 0 Å². The number of ether oxygens (including phenoxy) is 2. The van der Waals surface area contributed by atoms with Crippen LogP contribution in [-0.4, -0.2) is 17.1 Å². The quantitative estimate of drug-likeness (QED) is 0.174. The van der Waals surface area contributed by atoms with Gasteiger partial charge >= 0.3 is 5.97 Å². The number of esters is 1. The number of carbonyl (C=O) groups excluding carboxylic acids is 1. The van der Waals surface area contributed by atoms with Crippen molar-refractivity contribution < 1.29 is 14.3 Å². The maximum atomic E-state index is 14.0. The molecule has 43 heavy (non-hydrogen) atoms. The zero-order valence-electron chi connectivity index (χ0n) is 24.0. The van der Waals surface area contributed by atoms with Gasteiger partial charge in [-0.15, -0.1) is 0 Å². The van der Waals surface area contributed by atoms with Gasteiger partial charge in [0.15, 0.2) is 4.80 Å². The third-order valence-electron chi connectivity index (χ3n) is 7.08. The summed E-state index contributed by atoms with van der Waals surface area (Å²) in [5.41, 5.74) is 4.32. The highest BCUT2D eigenvalue weighted by atomic mass is 79.9. The van der Waals surface area contributed by atoms with Crippen LogP contribution < -0.4 is 19.6 Å². The van der Waals surface area contributed by atoms with E-state index >= 15 is 0 Å². The number of allylic oxidation sites excluding steroid dienone is 1. The lowest BCUT2D eigenvalue weighted by atomic mass is 9.93. The molecular weight excluding hydrogens is 716 g/mol. The molecule has 0 spiro atoms. The topological polar surface area (TPSA) is 69.9 Å². The van der Waals surface area contributed by atoms with Crippen molar-refractivity contribution in [1.82, 2.24) is 4.57 Å². The zero-order chi connectivity index (χ0) is 30.8. The van der Waals surface area contributed by atoms with Crippen molar-refractivity contribution in [3.63, 3.8) is 0 Å². The molecule has 0 saturated heterocycles. The number of rotatable bonds is 8. The van der Waals surface area contributed by atoms with Crippen LogP contribution in [0.25, 0.3) is 6.08 Å². The second-order valence-electron chi connectivity index (χ2n) is 10.3. The predicted octanol–water partition coefficient (Wildman–Crippen LogP) is 7.68. The minimum absolute atomic E-state index is 0.223. The van der Waals surface area contributed by atoms with Crippen molar-refractivity contribution in [2.24, 2.45) is 4.99 Å². The van der Waals surface area contributed by atoms with E-state index in [1.54, 1.807) is 18.4 Å². The van der Waals surface area contributed by atoms with Crippen molar-refractivity contribution in [3.8, 4) is 5.75 Å². The van der Waals surface area contributed by atoms with Crippen molar-refractivity contribution >= 4 is 66.8 Å². The Bertz CT molecular complexity index is 1890. The lowest BCUT2D eigenvalue weighted by Crippen LogP contribution is -2.39. The number of hydrogen-bond acceptors (Lipinski definition) is 6. The maximum Gasteiger partial charge on any atom is 0.338 e. The Labute approximate surface area is 275 Å². The summed E-state index contributed by atoms with van der Waals surface area (Å²) in [5.74, 6) is 0.499. The van der Waals surface area contributed by atoms with E-state index in [-0.39, 0.29) is 12.2 Å². The average Bonchev–Trinajstić information content (AvgIpc) is 3.26. The molecule has 6 nitrogen and oxygen atoms in total. The van der Waals surface area contributed by atoms with Gasteiger partial charge in [0.1, 0.15) is 12.4 Å². The Morgan fingerprint density at radius 3 is 2.42 bits per heavy atom. The minimum atomic E-state index is -0.655. The largest absolute Gasteiger partial charge is 0.486 e. The number of benzene rings is 3. The Hall–Kier alpha value is -2.98. The summed E-state index contributed by atoms with van der Waals surface area (Å²) in [6.07, 6.45) is 1.82. The first kappa shape index (κ1) is 31.4. The number of thiazole rings is 1. The summed E-state index contributed by atoms with van der Waals surface area (Å²) in [7, 11) is 0. The molecule has 1 atom stereocenters. The van der Waals surface area contributed by atoms with E-state index < -0.39 is 12.0 Å². The van der Waals surface area contributed by atoms with Crippen LogP contribution in [0.5, 0.6) is 5.75 Å². The molecular formula is C33H29Br2ClN2O4S. The third-order valence-corrected chi connectivity index (χ3v) is 9.61. The van der Waals surface area contributed by atoms with E-state index in [1.807, 2.05) is 66.7 Å². The maximum absolute atomic E-state index is 14.0. The fourth-order valence-corrected chi connectivity index (χ4v) is 7.58. The van der Waals surface area contributed by atoms with Crippen LogP contribution in [-0.2, 0) is 16.1 Å². The monoisotopic (exact) mass is 742 g/mol. The molecule has 1 aliphatic rings. The van der Waals surface area contributed by atoms with Gasteiger partial charge in [0.05, 0.1) is 37.4 Å². The van der Waals surface area contributed by atoms with Crippen molar-refractivity contribution in [2.75, 3.05) is 6.61 Å². The molecule has 0 N–H and O–H groups in total. The minimum Gasteiger partial charge on any atom is -0.486 e. The highest BCUT2D eigenvalue weighted by molar-refractivity contribution is 9.11. The fraction of sp³-hybridized carbons (Fsp3) is 0.242. The molecule has 0 amide bonds. The van der Waals surface area contributed by atoms with Crippen molar-refractivity contribution in [3.05, 3.63) is 128 Å². The molecule has 0 fully saturated rings. The lowest BCUT2D eigenvalue weighted by molar-refractivity contribution is -0.139. The Morgan fingerprint density at radius 2 is 1.79 bits per heavy atom. The van der Waals surface area contributed by atoms with Gasteiger partial charge in [-0.1, -0.05) is 79.2 Å². The SMILES string of the molecule is CCOC(=O)C1=C(C)N=c2s/c(=C\c3cc(Br)c(OCc4ccccc4Cl)c(Br)c3)c(=O)n2[C@@H]1c1ccc(C(C)C)cc1. The summed E-state index contributed by atoms with van der Waals surface area (Å²) in [6.45, 7) is 8.32. The number of hydrogen-bond donors (Lipinski definition) is 0. The van der Waals surface area contributed by atoms with Crippen LogP contribution in [0, 0.1) is 0 Å². The molecule has 2 heterocycles. The molecule has 10 heteroatoms. The molecule has 0 unspecified atom stereocenters. The summed E-state index contributed by atoms with van der Waals surface area (Å²) in [4.78, 5) is 32.4. The van der Waals surface area contributed by atoms with Crippen LogP contribution in [0.1, 0.15) is 61.9 Å². The molecule has 1 aromatic heterocycles. The van der Waals surface area contributed by atoms with Crippen LogP contribution in [0.15, 0.2) is 90.7 Å². The number of halogens is 3. The molecule has 5 rings (SSSR count). The third kappa shape index (κ3) is 6.60. The standard InChI is InChI=1S/C33H29Br2ClN2O4S/c1-5-41-32(40)28-19(4)37-33-38(29(28)22-12-10-21(11-13-22)18(2)3)31(39)27(43-33)16-20-14-24(34)30(25(35)15-20)42-17-23-8-6-7-9-26(23)36/h6-16,18,29H,5,17H2,1-4H3/b27-16-/t29-/m1/s1. The smallest absolute Gasteiger partial charge is 0.338 e. The van der Waals surface area contributed by atoms with E-state index in [9.17, 15) is 9.59 Å². The number of carbonyl (C=O) groups is 1. The van der Waals surface area contributed by atoms with E-state index in [0.29, 0.717) is 43.9 Å². The van der Waals surface area contributed by atoms with Gasteiger partial charge in [0, 0.05) is 10.6 Å². The van der Waals surface area contributed by atoms with E-state index in [1.165, 1.54) is 16.9 Å². The Kier molecular flexibility index (Phi) is 9.76. The summed E-state index contributed by atoms with van der Waals surface area (Å²) in [5, 5.41) is 0.636. The molecule has 4 aromatic rings. The second-order valence-corrected chi connectivity index (χ2v) is 13.4. The molecule has 3 aromatic carbocycles. The molecule has 1 aliphatic heterocycles. The normalized spacial score (nSPS) is 15.0. The van der Waals surface area contributed by atoms with Gasteiger partial charge in [0.25, 0.3) is 5.56 Å². The van der Waals surface area contributed by atoms with Gasteiger partial charge in [-0.25, -0.2) is 9.79 Å². The van der Waals surface area contributed by atoms with Crippen molar-refractivity contribution in [1.29, 1.82) is 0 Å². The van der Waals surface area contributed by atoms with Gasteiger partial charge in [-0.2, -0.15) is 0 Å². The lowest BCUT2D eigenvalue weighted by Gasteiger charge is -2.25. The Balaban J connectivity index is 1.56. The molecule has 0 radical (unpaired) electrons. The Morgan fingerprint density at radius 1 is 1.12 bits per heavy atom. The number of fused-ring (bicyclic) bond motifs is 1. The highest BCUT2D eigenvalue weighted by Gasteiger charge is 2.33. The van der Waals surface area contributed by atoms with Crippen LogP contribution in [0.3, 0.4) is 0 Å². The molecule has 0 aliphatic carbocycles. The zero-order valence-corrected chi connectivity index (χ0v) is 28.7. The van der Waals surface area contributed by atoms with Crippen LogP contribution >= 0.6 is 54.8 Å². The van der Waals surface area contributed by atoms with Crippen LogP contribution in [0.2, 0.25) is 5.02 Å². The van der Waals surface area contributed by atoms with Gasteiger partial charge < -0.3 is 9.47 Å². The summed E-state index contributed by atoms with van der Waals surface area (Å²) in [6, 6.07) is 18.7. The molecule has 0 bridgehead atoms.